The van der Waals surface area contributed by atoms with Gasteiger partial charge in [-0.05, 0) is 56.5 Å². The second-order valence-electron chi connectivity index (χ2n) is 5.35. The maximum Gasteiger partial charge on any atom is 0.119 e. The molecular weight excluding hydrogens is 248 g/mol. The van der Waals surface area contributed by atoms with Gasteiger partial charge in [-0.2, -0.15) is 0 Å². The van der Waals surface area contributed by atoms with E-state index in [1.165, 1.54) is 0 Å². The fraction of sp³-hybridized carbons (Fsp3) is 0.333. The Morgan fingerprint density at radius 3 is 2.30 bits per heavy atom. The Morgan fingerprint density at radius 2 is 1.70 bits per heavy atom. The van der Waals surface area contributed by atoms with Crippen molar-refractivity contribution in [1.82, 2.24) is 0 Å². The van der Waals surface area contributed by atoms with Crippen LogP contribution in [0, 0.1) is 13.8 Å². The van der Waals surface area contributed by atoms with Crippen LogP contribution in [0.5, 0.6) is 5.75 Å². The van der Waals surface area contributed by atoms with E-state index in [0.717, 1.165) is 28.0 Å². The molecule has 20 heavy (non-hydrogen) atoms. The summed E-state index contributed by atoms with van der Waals surface area (Å²) in [4.78, 5) is 0. The third-order valence-corrected chi connectivity index (χ3v) is 3.64. The summed E-state index contributed by atoms with van der Waals surface area (Å²) in [6.07, 6.45) is 0. The minimum absolute atomic E-state index is 0.646. The molecule has 0 saturated carbocycles. The van der Waals surface area contributed by atoms with Crippen molar-refractivity contribution in [1.29, 1.82) is 0 Å². The Morgan fingerprint density at radius 1 is 1.05 bits per heavy atom. The van der Waals surface area contributed by atoms with Crippen molar-refractivity contribution in [3.63, 3.8) is 0 Å². The molecule has 0 spiro atoms. The molecule has 0 aliphatic carbocycles. The number of hydrogen-bond donors (Lipinski definition) is 1. The zero-order valence-electron chi connectivity index (χ0n) is 12.6. The lowest BCUT2D eigenvalue weighted by molar-refractivity contribution is 0.101. The molecule has 1 unspecified atom stereocenters. The first-order valence-corrected chi connectivity index (χ1v) is 6.98. The third kappa shape index (κ3) is 2.86. The Hall–Kier alpha value is -1.80. The molecule has 1 N–H and O–H groups in total. The molecule has 0 bridgehead atoms. The van der Waals surface area contributed by atoms with Gasteiger partial charge in [0.2, 0.25) is 0 Å². The largest absolute Gasteiger partial charge is 0.494 e. The van der Waals surface area contributed by atoms with Crippen LogP contribution >= 0.6 is 0 Å². The van der Waals surface area contributed by atoms with E-state index in [1.807, 2.05) is 64.1 Å². The van der Waals surface area contributed by atoms with Crippen molar-refractivity contribution in [2.75, 3.05) is 6.61 Å². The highest BCUT2D eigenvalue weighted by molar-refractivity contribution is 5.43. The van der Waals surface area contributed by atoms with Crippen molar-refractivity contribution >= 4 is 0 Å². The van der Waals surface area contributed by atoms with Crippen LogP contribution in [-0.2, 0) is 5.60 Å². The number of benzene rings is 2. The predicted octanol–water partition coefficient (Wildman–Crippen LogP) is 3.96. The fourth-order valence-corrected chi connectivity index (χ4v) is 2.46. The van der Waals surface area contributed by atoms with E-state index in [0.29, 0.717) is 6.61 Å². The van der Waals surface area contributed by atoms with Gasteiger partial charge in [0, 0.05) is 0 Å². The molecule has 2 heteroatoms. The summed E-state index contributed by atoms with van der Waals surface area (Å²) < 4.78 is 5.44. The Bertz CT molecular complexity index is 583. The summed E-state index contributed by atoms with van der Waals surface area (Å²) in [6, 6.07) is 13.8. The Labute approximate surface area is 121 Å². The van der Waals surface area contributed by atoms with Gasteiger partial charge in [-0.1, -0.05) is 35.9 Å². The molecule has 106 valence electrons. The molecule has 0 aliphatic heterocycles. The van der Waals surface area contributed by atoms with Gasteiger partial charge in [0.25, 0.3) is 0 Å². The first-order chi connectivity index (χ1) is 9.45. The van der Waals surface area contributed by atoms with Gasteiger partial charge >= 0.3 is 0 Å². The van der Waals surface area contributed by atoms with E-state index in [2.05, 4.69) is 6.07 Å². The van der Waals surface area contributed by atoms with E-state index in [1.54, 1.807) is 0 Å². The molecule has 2 aromatic rings. The molecule has 0 amide bonds. The first-order valence-electron chi connectivity index (χ1n) is 6.98. The maximum absolute atomic E-state index is 10.9. The monoisotopic (exact) mass is 270 g/mol. The number of ether oxygens (including phenoxy) is 1. The van der Waals surface area contributed by atoms with E-state index < -0.39 is 5.60 Å². The second-order valence-corrected chi connectivity index (χ2v) is 5.35. The average Bonchev–Trinajstić information content (AvgIpc) is 2.42. The van der Waals surface area contributed by atoms with Gasteiger partial charge in [0.15, 0.2) is 0 Å². The zero-order valence-corrected chi connectivity index (χ0v) is 12.6. The normalized spacial score (nSPS) is 13.8. The smallest absolute Gasteiger partial charge is 0.119 e. The van der Waals surface area contributed by atoms with Crippen LogP contribution in [0.15, 0.2) is 42.5 Å². The van der Waals surface area contributed by atoms with Gasteiger partial charge in [0.05, 0.1) is 6.61 Å². The minimum atomic E-state index is -0.999. The van der Waals surface area contributed by atoms with Crippen molar-refractivity contribution in [2.45, 2.75) is 33.3 Å². The average molecular weight is 270 g/mol. The van der Waals surface area contributed by atoms with Crippen LogP contribution in [0.2, 0.25) is 0 Å². The molecule has 0 aliphatic rings. The molecule has 0 heterocycles. The van der Waals surface area contributed by atoms with Crippen LogP contribution in [0.25, 0.3) is 0 Å². The minimum Gasteiger partial charge on any atom is -0.494 e. The third-order valence-electron chi connectivity index (χ3n) is 3.64. The van der Waals surface area contributed by atoms with E-state index in [-0.39, 0.29) is 0 Å². The van der Waals surface area contributed by atoms with Gasteiger partial charge in [-0.25, -0.2) is 0 Å². The van der Waals surface area contributed by atoms with Crippen molar-refractivity contribution in [3.05, 3.63) is 64.7 Å². The van der Waals surface area contributed by atoms with Crippen LogP contribution in [0.1, 0.15) is 36.1 Å². The van der Waals surface area contributed by atoms with Gasteiger partial charge in [-0.3, -0.25) is 0 Å². The Kier molecular flexibility index (Phi) is 4.15. The van der Waals surface area contributed by atoms with Crippen molar-refractivity contribution in [3.8, 4) is 5.75 Å². The molecule has 0 radical (unpaired) electrons. The lowest BCUT2D eigenvalue weighted by atomic mass is 9.85. The highest BCUT2D eigenvalue weighted by atomic mass is 16.5. The van der Waals surface area contributed by atoms with E-state index in [4.69, 9.17) is 4.74 Å². The highest BCUT2D eigenvalue weighted by Crippen LogP contribution is 2.32. The van der Waals surface area contributed by atoms with Crippen molar-refractivity contribution < 1.29 is 9.84 Å². The van der Waals surface area contributed by atoms with E-state index in [9.17, 15) is 5.11 Å². The SMILES string of the molecule is CCOc1ccc(C(C)(O)c2cc(C)ccc2C)cc1. The number of aryl methyl sites for hydroxylation is 2. The standard InChI is InChI=1S/C18H22O2/c1-5-20-16-10-8-15(9-11-16)18(4,19)17-12-13(2)6-7-14(17)3/h6-12,19H,5H2,1-4H3. The molecule has 0 saturated heterocycles. The lowest BCUT2D eigenvalue weighted by Gasteiger charge is -2.27. The molecule has 0 aromatic heterocycles. The summed E-state index contributed by atoms with van der Waals surface area (Å²) in [7, 11) is 0. The maximum atomic E-state index is 10.9. The summed E-state index contributed by atoms with van der Waals surface area (Å²) in [6.45, 7) is 8.51. The lowest BCUT2D eigenvalue weighted by Crippen LogP contribution is -2.24. The number of rotatable bonds is 4. The van der Waals surface area contributed by atoms with E-state index >= 15 is 0 Å². The van der Waals surface area contributed by atoms with Gasteiger partial charge < -0.3 is 9.84 Å². The quantitative estimate of drug-likeness (QED) is 0.911. The number of aliphatic hydroxyl groups is 1. The van der Waals surface area contributed by atoms with Gasteiger partial charge in [0.1, 0.15) is 11.4 Å². The summed E-state index contributed by atoms with van der Waals surface area (Å²) in [5.74, 6) is 0.827. The molecule has 2 aromatic carbocycles. The zero-order chi connectivity index (χ0) is 14.8. The first kappa shape index (κ1) is 14.6. The van der Waals surface area contributed by atoms with Crippen LogP contribution in [0.4, 0.5) is 0 Å². The van der Waals surface area contributed by atoms with Crippen molar-refractivity contribution in [2.24, 2.45) is 0 Å². The summed E-state index contributed by atoms with van der Waals surface area (Å²) >= 11 is 0. The Balaban J connectivity index is 2.40. The molecule has 0 fully saturated rings. The molecule has 2 rings (SSSR count). The summed E-state index contributed by atoms with van der Waals surface area (Å²) in [5.41, 5.74) is 3.06. The summed E-state index contributed by atoms with van der Waals surface area (Å²) in [5, 5.41) is 10.9. The van der Waals surface area contributed by atoms with Crippen LogP contribution < -0.4 is 4.74 Å². The van der Waals surface area contributed by atoms with Crippen LogP contribution in [-0.4, -0.2) is 11.7 Å². The van der Waals surface area contributed by atoms with Crippen LogP contribution in [0.3, 0.4) is 0 Å². The highest BCUT2D eigenvalue weighted by Gasteiger charge is 2.27. The number of hydrogen-bond acceptors (Lipinski definition) is 2. The fourth-order valence-electron chi connectivity index (χ4n) is 2.46. The molecule has 1 atom stereocenters. The second kappa shape index (κ2) is 5.68. The van der Waals surface area contributed by atoms with Gasteiger partial charge in [-0.15, -0.1) is 0 Å². The molecule has 2 nitrogen and oxygen atoms in total. The topological polar surface area (TPSA) is 29.5 Å². The molecular formula is C18H22O2. The predicted molar refractivity (Wildman–Crippen MR) is 82.2 cm³/mol.